The molecule has 1 heterocycles. The molecule has 0 spiro atoms. The number of aliphatic hydroxyl groups is 4. The molecule has 1 aliphatic heterocycles. The predicted molar refractivity (Wildman–Crippen MR) is 88.9 cm³/mol. The van der Waals surface area contributed by atoms with E-state index >= 15 is 0 Å². The first-order chi connectivity index (χ1) is 12.8. The van der Waals surface area contributed by atoms with Gasteiger partial charge in [0.2, 0.25) is 0 Å². The summed E-state index contributed by atoms with van der Waals surface area (Å²) in [7, 11) is 0. The molecule has 156 valence electrons. The van der Waals surface area contributed by atoms with Gasteiger partial charge in [0, 0.05) is 0 Å². The third kappa shape index (κ3) is 9.51. The third-order valence-electron chi connectivity index (χ3n) is 3.79. The molecule has 0 saturated carbocycles. The number of hydrogen-bond acceptors (Lipinski definition) is 10. The van der Waals surface area contributed by atoms with Gasteiger partial charge >= 0.3 is 0 Å². The summed E-state index contributed by atoms with van der Waals surface area (Å²) in [5, 5.41) is 37.5. The number of aliphatic hydroxyl groups excluding tert-OH is 4. The Balaban J connectivity index is 2.51. The highest BCUT2D eigenvalue weighted by atomic mass is 16.6. The Morgan fingerprint density at radius 1 is 0.423 bits per heavy atom. The minimum Gasteiger partial charge on any atom is -0.394 e. The standard InChI is InChI=1S/C16H32O10/c17-9-13-14(10-18)25-7-3-22-4-8-26-16(12-20)15(11-19)24-6-2-21-1-5-23-13/h13-20H,1-12H2/t13-,14-,15-,16-/m0/s1. The molecule has 0 aromatic rings. The molecule has 1 aliphatic rings. The fourth-order valence-electron chi connectivity index (χ4n) is 2.35. The average Bonchev–Trinajstić information content (AvgIpc) is 2.67. The Morgan fingerprint density at radius 3 is 0.846 bits per heavy atom. The Bertz CT molecular complexity index is 261. The minimum atomic E-state index is -0.661. The first-order valence-electron chi connectivity index (χ1n) is 8.82. The van der Waals surface area contributed by atoms with E-state index in [4.69, 9.17) is 28.4 Å². The van der Waals surface area contributed by atoms with Crippen LogP contribution in [0.3, 0.4) is 0 Å². The fourth-order valence-corrected chi connectivity index (χ4v) is 2.35. The summed E-state index contributed by atoms with van der Waals surface area (Å²) in [4.78, 5) is 0. The zero-order valence-corrected chi connectivity index (χ0v) is 15.0. The lowest BCUT2D eigenvalue weighted by Crippen LogP contribution is -2.40. The topological polar surface area (TPSA) is 136 Å². The maximum Gasteiger partial charge on any atom is 0.109 e. The van der Waals surface area contributed by atoms with Crippen LogP contribution in [0.25, 0.3) is 0 Å². The molecule has 1 saturated heterocycles. The largest absolute Gasteiger partial charge is 0.394 e. The normalized spacial score (nSPS) is 31.8. The van der Waals surface area contributed by atoms with Gasteiger partial charge in [-0.3, -0.25) is 0 Å². The Labute approximate surface area is 153 Å². The summed E-state index contributed by atoms with van der Waals surface area (Å²) < 4.78 is 32.7. The van der Waals surface area contributed by atoms with Crippen LogP contribution in [0.4, 0.5) is 0 Å². The molecule has 0 aromatic heterocycles. The van der Waals surface area contributed by atoms with Crippen molar-refractivity contribution in [3.05, 3.63) is 0 Å². The molecule has 4 N–H and O–H groups in total. The molecule has 4 atom stereocenters. The minimum absolute atomic E-state index is 0.216. The van der Waals surface area contributed by atoms with Crippen molar-refractivity contribution >= 4 is 0 Å². The summed E-state index contributed by atoms with van der Waals surface area (Å²) in [6, 6.07) is 0. The SMILES string of the molecule is OC[C@@H]1OCCOCCO[C@@H](CO)[C@H](CO)OCCOCCO[C@H]1CO. The van der Waals surface area contributed by atoms with Gasteiger partial charge in [-0.15, -0.1) is 0 Å². The van der Waals surface area contributed by atoms with Gasteiger partial charge in [0.05, 0.1) is 79.3 Å². The van der Waals surface area contributed by atoms with Crippen LogP contribution < -0.4 is 0 Å². The van der Waals surface area contributed by atoms with Crippen LogP contribution in [-0.4, -0.2) is 124 Å². The van der Waals surface area contributed by atoms with Gasteiger partial charge in [0.15, 0.2) is 0 Å². The van der Waals surface area contributed by atoms with Gasteiger partial charge in [0.25, 0.3) is 0 Å². The van der Waals surface area contributed by atoms with E-state index in [1.807, 2.05) is 0 Å². The van der Waals surface area contributed by atoms with Gasteiger partial charge in [0.1, 0.15) is 24.4 Å². The van der Waals surface area contributed by atoms with Gasteiger partial charge in [-0.05, 0) is 0 Å². The highest BCUT2D eigenvalue weighted by molar-refractivity contribution is 4.70. The van der Waals surface area contributed by atoms with Crippen molar-refractivity contribution in [3.63, 3.8) is 0 Å². The number of rotatable bonds is 4. The van der Waals surface area contributed by atoms with Crippen LogP contribution in [0.15, 0.2) is 0 Å². The summed E-state index contributed by atoms with van der Waals surface area (Å²) >= 11 is 0. The smallest absolute Gasteiger partial charge is 0.109 e. The Kier molecular flexibility index (Phi) is 14.2. The summed E-state index contributed by atoms with van der Waals surface area (Å²) in [5.41, 5.74) is 0. The van der Waals surface area contributed by atoms with Crippen molar-refractivity contribution in [1.29, 1.82) is 0 Å². The lowest BCUT2D eigenvalue weighted by Gasteiger charge is -2.26. The lowest BCUT2D eigenvalue weighted by molar-refractivity contribution is -0.140. The maximum absolute atomic E-state index is 9.38. The molecule has 0 unspecified atom stereocenters. The zero-order chi connectivity index (χ0) is 19.0. The quantitative estimate of drug-likeness (QED) is 0.413. The van der Waals surface area contributed by atoms with Crippen molar-refractivity contribution in [2.24, 2.45) is 0 Å². The van der Waals surface area contributed by atoms with Crippen LogP contribution in [-0.2, 0) is 28.4 Å². The molecule has 10 heteroatoms. The van der Waals surface area contributed by atoms with Gasteiger partial charge in [-0.2, -0.15) is 0 Å². The highest BCUT2D eigenvalue weighted by Gasteiger charge is 2.23. The Hall–Kier alpha value is -0.400. The average molecular weight is 384 g/mol. The van der Waals surface area contributed by atoms with Crippen LogP contribution in [0.1, 0.15) is 0 Å². The van der Waals surface area contributed by atoms with E-state index in [-0.39, 0.29) is 79.3 Å². The lowest BCUT2D eigenvalue weighted by atomic mass is 10.2. The van der Waals surface area contributed by atoms with E-state index < -0.39 is 24.4 Å². The molecule has 26 heavy (non-hydrogen) atoms. The third-order valence-corrected chi connectivity index (χ3v) is 3.79. The zero-order valence-electron chi connectivity index (χ0n) is 15.0. The van der Waals surface area contributed by atoms with E-state index in [1.165, 1.54) is 0 Å². The maximum atomic E-state index is 9.38. The molecular formula is C16H32O10. The van der Waals surface area contributed by atoms with Crippen LogP contribution in [0.5, 0.6) is 0 Å². The number of hydrogen-bond donors (Lipinski definition) is 4. The van der Waals surface area contributed by atoms with Crippen molar-refractivity contribution in [1.82, 2.24) is 0 Å². The second-order valence-electron chi connectivity index (χ2n) is 5.59. The molecule has 1 rings (SSSR count). The van der Waals surface area contributed by atoms with Crippen LogP contribution >= 0.6 is 0 Å². The van der Waals surface area contributed by atoms with Gasteiger partial charge in [-0.25, -0.2) is 0 Å². The number of ether oxygens (including phenoxy) is 6. The first-order valence-corrected chi connectivity index (χ1v) is 8.82. The molecule has 10 nitrogen and oxygen atoms in total. The monoisotopic (exact) mass is 384 g/mol. The van der Waals surface area contributed by atoms with Crippen LogP contribution in [0.2, 0.25) is 0 Å². The van der Waals surface area contributed by atoms with Crippen molar-refractivity contribution < 1.29 is 48.8 Å². The predicted octanol–water partition coefficient (Wildman–Crippen LogP) is -2.46. The molecule has 0 amide bonds. The van der Waals surface area contributed by atoms with Crippen molar-refractivity contribution in [3.8, 4) is 0 Å². The molecule has 0 radical (unpaired) electrons. The molecular weight excluding hydrogens is 352 g/mol. The van der Waals surface area contributed by atoms with Crippen LogP contribution in [0, 0.1) is 0 Å². The summed E-state index contributed by atoms with van der Waals surface area (Å²) in [5.74, 6) is 0. The van der Waals surface area contributed by atoms with E-state index in [0.29, 0.717) is 0 Å². The fraction of sp³-hybridized carbons (Fsp3) is 1.00. The van der Waals surface area contributed by atoms with Crippen molar-refractivity contribution in [2.45, 2.75) is 24.4 Å². The van der Waals surface area contributed by atoms with E-state index in [0.717, 1.165) is 0 Å². The second kappa shape index (κ2) is 15.6. The summed E-state index contributed by atoms with van der Waals surface area (Å²) in [6.07, 6.45) is -2.64. The van der Waals surface area contributed by atoms with E-state index in [1.54, 1.807) is 0 Å². The second-order valence-corrected chi connectivity index (χ2v) is 5.59. The van der Waals surface area contributed by atoms with E-state index in [9.17, 15) is 20.4 Å². The summed E-state index contributed by atoms with van der Waals surface area (Å²) in [6.45, 7) is 0.786. The molecule has 1 fully saturated rings. The highest BCUT2D eigenvalue weighted by Crippen LogP contribution is 2.06. The molecule has 0 aliphatic carbocycles. The molecule has 0 aromatic carbocycles. The van der Waals surface area contributed by atoms with Gasteiger partial charge < -0.3 is 48.8 Å². The van der Waals surface area contributed by atoms with E-state index in [2.05, 4.69) is 0 Å². The Morgan fingerprint density at radius 2 is 0.654 bits per heavy atom. The molecule has 0 bridgehead atoms. The van der Waals surface area contributed by atoms with Crippen molar-refractivity contribution in [2.75, 3.05) is 79.3 Å². The van der Waals surface area contributed by atoms with Gasteiger partial charge in [-0.1, -0.05) is 0 Å². The first kappa shape index (κ1) is 23.6.